The van der Waals surface area contributed by atoms with Gasteiger partial charge in [-0.2, -0.15) is 13.2 Å². The second-order valence-electron chi connectivity index (χ2n) is 6.20. The summed E-state index contributed by atoms with van der Waals surface area (Å²) < 4.78 is 40.5. The maximum atomic E-state index is 13.5. The van der Waals surface area contributed by atoms with Gasteiger partial charge in [-0.15, -0.1) is 0 Å². The highest BCUT2D eigenvalue weighted by atomic mass is 35.5. The molecule has 0 unspecified atom stereocenters. The summed E-state index contributed by atoms with van der Waals surface area (Å²) in [5.41, 5.74) is 6.69. The first kappa shape index (κ1) is 20.3. The van der Waals surface area contributed by atoms with E-state index in [2.05, 4.69) is 4.98 Å². The second-order valence-corrected chi connectivity index (χ2v) is 7.42. The Balaban J connectivity index is 2.29. The second kappa shape index (κ2) is 7.92. The van der Waals surface area contributed by atoms with Crippen molar-refractivity contribution in [3.8, 4) is 11.3 Å². The molecule has 1 aromatic heterocycles. The van der Waals surface area contributed by atoms with E-state index in [1.54, 1.807) is 18.2 Å². The average molecular weight is 436 g/mol. The molecule has 2 nitrogen and oxygen atoms in total. The Morgan fingerprint density at radius 3 is 2.26 bits per heavy atom. The minimum Gasteiger partial charge on any atom is -0.354 e. The molecule has 3 N–H and O–H groups in total. The molecule has 0 spiro atoms. The summed E-state index contributed by atoms with van der Waals surface area (Å²) >= 11 is 18.4. The molecule has 27 heavy (non-hydrogen) atoms. The summed E-state index contributed by atoms with van der Waals surface area (Å²) in [4.78, 5) is 2.93. The molecule has 0 amide bonds. The molecule has 0 aliphatic carbocycles. The largest absolute Gasteiger partial charge is 0.418 e. The fourth-order valence-electron chi connectivity index (χ4n) is 3.16. The SMILES string of the molecule is NCCCCc1c(-c2ccc(Cl)c(Cl)c2)[nH]c2c(C(F)(F)F)ccc(Cl)c12. The Morgan fingerprint density at radius 2 is 1.63 bits per heavy atom. The first-order chi connectivity index (χ1) is 12.7. The molecule has 0 aliphatic heterocycles. The molecule has 0 saturated carbocycles. The van der Waals surface area contributed by atoms with E-state index in [0.717, 1.165) is 18.9 Å². The van der Waals surface area contributed by atoms with Gasteiger partial charge in [0.25, 0.3) is 0 Å². The molecule has 0 atom stereocenters. The summed E-state index contributed by atoms with van der Waals surface area (Å²) in [6.45, 7) is 0.506. The number of nitrogens with one attached hydrogen (secondary N) is 1. The van der Waals surface area contributed by atoms with Crippen LogP contribution in [0.3, 0.4) is 0 Å². The summed E-state index contributed by atoms with van der Waals surface area (Å²) in [6.07, 6.45) is -2.49. The summed E-state index contributed by atoms with van der Waals surface area (Å²) in [6, 6.07) is 7.23. The molecule has 0 aliphatic rings. The van der Waals surface area contributed by atoms with Crippen LogP contribution in [0.1, 0.15) is 24.0 Å². The van der Waals surface area contributed by atoms with E-state index in [4.69, 9.17) is 40.5 Å². The number of halogens is 6. The lowest BCUT2D eigenvalue weighted by atomic mass is 9.99. The predicted octanol–water partition coefficient (Wildman–Crippen LogP) is 7.10. The fourth-order valence-corrected chi connectivity index (χ4v) is 3.73. The number of nitrogens with two attached hydrogens (primary N) is 1. The van der Waals surface area contributed by atoms with E-state index < -0.39 is 11.7 Å². The van der Waals surface area contributed by atoms with E-state index in [1.807, 2.05) is 0 Å². The van der Waals surface area contributed by atoms with Crippen LogP contribution in [0.15, 0.2) is 30.3 Å². The average Bonchev–Trinajstić information content (AvgIpc) is 2.97. The van der Waals surface area contributed by atoms with E-state index in [9.17, 15) is 13.2 Å². The number of alkyl halides is 3. The minimum absolute atomic E-state index is 0.0289. The van der Waals surface area contributed by atoms with E-state index in [0.29, 0.717) is 45.2 Å². The third-order valence-corrected chi connectivity index (χ3v) is 5.46. The minimum atomic E-state index is -4.50. The van der Waals surface area contributed by atoms with Crippen LogP contribution in [0.5, 0.6) is 0 Å². The van der Waals surface area contributed by atoms with Crippen LogP contribution in [0.4, 0.5) is 13.2 Å². The van der Waals surface area contributed by atoms with Crippen molar-refractivity contribution in [2.24, 2.45) is 5.73 Å². The van der Waals surface area contributed by atoms with Crippen molar-refractivity contribution < 1.29 is 13.2 Å². The first-order valence-electron chi connectivity index (χ1n) is 8.29. The Bertz CT molecular complexity index is 980. The maximum Gasteiger partial charge on any atom is 0.418 e. The lowest BCUT2D eigenvalue weighted by Gasteiger charge is -2.09. The Kier molecular flexibility index (Phi) is 5.96. The van der Waals surface area contributed by atoms with Crippen LogP contribution in [0.25, 0.3) is 22.2 Å². The monoisotopic (exact) mass is 434 g/mol. The number of hydrogen-bond donors (Lipinski definition) is 2. The number of rotatable bonds is 5. The van der Waals surface area contributed by atoms with E-state index in [-0.39, 0.29) is 10.5 Å². The number of aromatic nitrogens is 1. The Hall–Kier alpha value is -1.40. The van der Waals surface area contributed by atoms with E-state index >= 15 is 0 Å². The van der Waals surface area contributed by atoms with Gasteiger partial charge in [-0.25, -0.2) is 0 Å². The third kappa shape index (κ3) is 4.06. The zero-order valence-electron chi connectivity index (χ0n) is 14.1. The highest BCUT2D eigenvalue weighted by Gasteiger charge is 2.34. The number of unbranched alkanes of at least 4 members (excludes halogenated alkanes) is 1. The van der Waals surface area contributed by atoms with Crippen molar-refractivity contribution >= 4 is 45.7 Å². The number of aromatic amines is 1. The van der Waals surface area contributed by atoms with Gasteiger partial charge < -0.3 is 10.7 Å². The molecule has 8 heteroatoms. The van der Waals surface area contributed by atoms with Gasteiger partial charge in [-0.05, 0) is 61.2 Å². The summed E-state index contributed by atoms with van der Waals surface area (Å²) in [7, 11) is 0. The normalized spacial score (nSPS) is 12.1. The fraction of sp³-hybridized carbons (Fsp3) is 0.263. The smallest absolute Gasteiger partial charge is 0.354 e. The zero-order valence-corrected chi connectivity index (χ0v) is 16.3. The molecule has 2 aromatic carbocycles. The predicted molar refractivity (Wildman–Crippen MR) is 106 cm³/mol. The highest BCUT2D eigenvalue weighted by Crippen LogP contribution is 2.42. The van der Waals surface area contributed by atoms with Crippen LogP contribution < -0.4 is 5.73 Å². The number of fused-ring (bicyclic) bond motifs is 1. The quantitative estimate of drug-likeness (QED) is 0.412. The molecule has 0 saturated heterocycles. The lowest BCUT2D eigenvalue weighted by molar-refractivity contribution is -0.136. The van der Waals surface area contributed by atoms with Crippen molar-refractivity contribution in [3.63, 3.8) is 0 Å². The van der Waals surface area contributed by atoms with E-state index in [1.165, 1.54) is 6.07 Å². The van der Waals surface area contributed by atoms with Gasteiger partial charge in [0.2, 0.25) is 0 Å². The number of aryl methyl sites for hydroxylation is 1. The Morgan fingerprint density at radius 1 is 0.926 bits per heavy atom. The maximum absolute atomic E-state index is 13.5. The molecule has 144 valence electrons. The molecule has 1 heterocycles. The van der Waals surface area contributed by atoms with Crippen molar-refractivity contribution in [1.29, 1.82) is 0 Å². The van der Waals surface area contributed by atoms with Crippen molar-refractivity contribution in [2.75, 3.05) is 6.54 Å². The third-order valence-electron chi connectivity index (χ3n) is 4.40. The topological polar surface area (TPSA) is 41.8 Å². The zero-order chi connectivity index (χ0) is 19.8. The molecule has 0 radical (unpaired) electrons. The standard InChI is InChI=1S/C19H16Cl3F3N2/c20-13-6-4-10(9-15(13)22)17-11(3-1-2-8-26)16-14(21)7-5-12(18(16)27-17)19(23,24)25/h4-7,9,27H,1-3,8,26H2. The number of hydrogen-bond acceptors (Lipinski definition) is 1. The molecule has 3 rings (SSSR count). The molecular formula is C19H16Cl3F3N2. The van der Waals surface area contributed by atoms with Crippen LogP contribution in [-0.2, 0) is 12.6 Å². The van der Waals surface area contributed by atoms with Gasteiger partial charge in [0.15, 0.2) is 0 Å². The molecule has 0 bridgehead atoms. The first-order valence-corrected chi connectivity index (χ1v) is 9.43. The summed E-state index contributed by atoms with van der Waals surface area (Å²) in [5, 5.41) is 1.34. The van der Waals surface area contributed by atoms with Gasteiger partial charge in [0, 0.05) is 11.1 Å². The molecule has 0 fully saturated rings. The van der Waals surface area contributed by atoms with Crippen molar-refractivity contribution in [2.45, 2.75) is 25.4 Å². The van der Waals surface area contributed by atoms with Gasteiger partial charge >= 0.3 is 6.18 Å². The van der Waals surface area contributed by atoms with Gasteiger partial charge in [-0.1, -0.05) is 40.9 Å². The highest BCUT2D eigenvalue weighted by molar-refractivity contribution is 6.42. The molecular weight excluding hydrogens is 420 g/mol. The van der Waals surface area contributed by atoms with Crippen LogP contribution in [0.2, 0.25) is 15.1 Å². The molecule has 3 aromatic rings. The van der Waals surface area contributed by atoms with Gasteiger partial charge in [0.1, 0.15) is 0 Å². The van der Waals surface area contributed by atoms with Crippen molar-refractivity contribution in [3.05, 3.63) is 56.5 Å². The number of benzene rings is 2. The van der Waals surface area contributed by atoms with Crippen molar-refractivity contribution in [1.82, 2.24) is 4.98 Å². The van der Waals surface area contributed by atoms with Gasteiger partial charge in [0.05, 0.1) is 26.1 Å². The summed E-state index contributed by atoms with van der Waals surface area (Å²) in [5.74, 6) is 0. The lowest BCUT2D eigenvalue weighted by Crippen LogP contribution is -2.05. The Labute approximate surface area is 169 Å². The van der Waals surface area contributed by atoms with Crippen LogP contribution in [-0.4, -0.2) is 11.5 Å². The van der Waals surface area contributed by atoms with Crippen LogP contribution >= 0.6 is 34.8 Å². The van der Waals surface area contributed by atoms with Gasteiger partial charge in [-0.3, -0.25) is 0 Å². The number of H-pyrrole nitrogens is 1. The van der Waals surface area contributed by atoms with Crippen LogP contribution in [0, 0.1) is 0 Å².